The SMILES string of the molecule is O=C(c1cnn(-c2ccc(F)cc2)c1C(F)(F)F)N1CCN(C(Cc2ccccc2)C2=COCO2)CC1. The van der Waals surface area contributed by atoms with Gasteiger partial charge in [-0.1, -0.05) is 30.3 Å². The van der Waals surface area contributed by atoms with E-state index in [1.807, 2.05) is 30.3 Å². The smallest absolute Gasteiger partial charge is 0.434 e. The molecule has 0 saturated carbocycles. The fraction of sp³-hybridized carbons (Fsp3) is 0.308. The lowest BCUT2D eigenvalue weighted by molar-refractivity contribution is -0.143. The molecule has 0 aliphatic carbocycles. The Bertz CT molecular complexity index is 1270. The van der Waals surface area contributed by atoms with E-state index in [9.17, 15) is 22.4 Å². The minimum absolute atomic E-state index is 0.00778. The number of nitrogens with zero attached hydrogens (tertiary/aromatic N) is 4. The summed E-state index contributed by atoms with van der Waals surface area (Å²) < 4.78 is 66.9. The molecule has 7 nitrogen and oxygen atoms in total. The lowest BCUT2D eigenvalue weighted by Gasteiger charge is -2.39. The molecule has 0 radical (unpaired) electrons. The summed E-state index contributed by atoms with van der Waals surface area (Å²) in [5.41, 5.74) is -0.615. The average Bonchev–Trinajstić information content (AvgIpc) is 3.59. The molecule has 0 bridgehead atoms. The van der Waals surface area contributed by atoms with Gasteiger partial charge in [0.05, 0.1) is 23.5 Å². The summed E-state index contributed by atoms with van der Waals surface area (Å²) in [7, 11) is 0. The molecule has 0 N–H and O–H groups in total. The molecule has 1 aromatic heterocycles. The Kier molecular flexibility index (Phi) is 6.88. The highest BCUT2D eigenvalue weighted by molar-refractivity contribution is 5.95. The van der Waals surface area contributed by atoms with Crippen molar-refractivity contribution in [2.24, 2.45) is 0 Å². The number of aromatic nitrogens is 2. The molecule has 1 atom stereocenters. The van der Waals surface area contributed by atoms with Crippen LogP contribution in [0.15, 0.2) is 72.8 Å². The van der Waals surface area contributed by atoms with Gasteiger partial charge in [0.1, 0.15) is 12.1 Å². The third kappa shape index (κ3) is 5.31. The predicted octanol–water partition coefficient (Wildman–Crippen LogP) is 4.25. The Morgan fingerprint density at radius 2 is 1.70 bits per heavy atom. The Morgan fingerprint density at radius 3 is 2.32 bits per heavy atom. The van der Waals surface area contributed by atoms with Gasteiger partial charge in [-0.2, -0.15) is 18.3 Å². The Hall–Kier alpha value is -3.86. The monoisotopic (exact) mass is 516 g/mol. The van der Waals surface area contributed by atoms with Gasteiger partial charge in [0.15, 0.2) is 11.5 Å². The summed E-state index contributed by atoms with van der Waals surface area (Å²) in [6, 6.07) is 14.2. The second-order valence-electron chi connectivity index (χ2n) is 8.78. The first kappa shape index (κ1) is 24.8. The average molecular weight is 516 g/mol. The van der Waals surface area contributed by atoms with E-state index in [0.717, 1.165) is 23.9 Å². The molecule has 2 aliphatic heterocycles. The third-order valence-corrected chi connectivity index (χ3v) is 6.48. The summed E-state index contributed by atoms with van der Waals surface area (Å²) in [6.07, 6.45) is -1.67. The highest BCUT2D eigenvalue weighted by Gasteiger charge is 2.42. The minimum atomic E-state index is -4.84. The molecule has 1 unspecified atom stereocenters. The minimum Gasteiger partial charge on any atom is -0.462 e. The number of ether oxygens (including phenoxy) is 2. The van der Waals surface area contributed by atoms with Gasteiger partial charge in [0.25, 0.3) is 5.91 Å². The molecule has 0 spiro atoms. The van der Waals surface area contributed by atoms with Gasteiger partial charge >= 0.3 is 6.18 Å². The normalized spacial score (nSPS) is 17.2. The van der Waals surface area contributed by atoms with E-state index in [1.54, 1.807) is 6.26 Å². The Labute approximate surface area is 210 Å². The number of halogens is 4. The lowest BCUT2D eigenvalue weighted by Crippen LogP contribution is -2.53. The van der Waals surface area contributed by atoms with Gasteiger partial charge in [-0.15, -0.1) is 0 Å². The van der Waals surface area contributed by atoms with E-state index < -0.39 is 29.2 Å². The van der Waals surface area contributed by atoms with Crippen LogP contribution in [0.3, 0.4) is 0 Å². The van der Waals surface area contributed by atoms with Crippen LogP contribution in [0.4, 0.5) is 17.6 Å². The lowest BCUT2D eigenvalue weighted by atomic mass is 10.0. The van der Waals surface area contributed by atoms with Gasteiger partial charge in [-0.3, -0.25) is 9.69 Å². The second kappa shape index (κ2) is 10.3. The number of piperazine rings is 1. The molecule has 3 heterocycles. The second-order valence-corrected chi connectivity index (χ2v) is 8.78. The van der Waals surface area contributed by atoms with Crippen molar-refractivity contribution in [2.75, 3.05) is 33.0 Å². The zero-order valence-electron chi connectivity index (χ0n) is 19.7. The fourth-order valence-electron chi connectivity index (χ4n) is 4.64. The van der Waals surface area contributed by atoms with Crippen LogP contribution in [-0.2, 0) is 22.1 Å². The summed E-state index contributed by atoms with van der Waals surface area (Å²) in [5.74, 6) is -0.655. The molecule has 1 saturated heterocycles. The first-order valence-corrected chi connectivity index (χ1v) is 11.7. The maximum Gasteiger partial charge on any atom is 0.434 e. The number of amides is 1. The third-order valence-electron chi connectivity index (χ3n) is 6.48. The summed E-state index contributed by atoms with van der Waals surface area (Å²) in [5, 5.41) is 3.82. The van der Waals surface area contributed by atoms with Crippen LogP contribution in [0.5, 0.6) is 0 Å². The van der Waals surface area contributed by atoms with E-state index in [2.05, 4.69) is 10.00 Å². The molecular weight excluding hydrogens is 492 g/mol. The Morgan fingerprint density at radius 1 is 1.00 bits per heavy atom. The van der Waals surface area contributed by atoms with Crippen molar-refractivity contribution >= 4 is 5.91 Å². The van der Waals surface area contributed by atoms with Crippen LogP contribution < -0.4 is 0 Å². The van der Waals surface area contributed by atoms with Crippen molar-refractivity contribution in [2.45, 2.75) is 18.6 Å². The number of carbonyl (C=O) groups excluding carboxylic acids is 1. The number of rotatable bonds is 6. The number of hydrogen-bond acceptors (Lipinski definition) is 5. The van der Waals surface area contributed by atoms with Crippen molar-refractivity contribution in [3.63, 3.8) is 0 Å². The summed E-state index contributed by atoms with van der Waals surface area (Å²) >= 11 is 0. The molecule has 3 aromatic rings. The maximum absolute atomic E-state index is 14.0. The van der Waals surface area contributed by atoms with Crippen molar-refractivity contribution in [3.8, 4) is 5.69 Å². The van der Waals surface area contributed by atoms with E-state index in [-0.39, 0.29) is 31.6 Å². The molecule has 1 amide bonds. The van der Waals surface area contributed by atoms with Crippen molar-refractivity contribution in [1.29, 1.82) is 0 Å². The zero-order chi connectivity index (χ0) is 26.0. The molecule has 2 aliphatic rings. The molecule has 194 valence electrons. The van der Waals surface area contributed by atoms with Gasteiger partial charge in [0, 0.05) is 26.2 Å². The van der Waals surface area contributed by atoms with Crippen LogP contribution in [0.1, 0.15) is 21.6 Å². The summed E-state index contributed by atoms with van der Waals surface area (Å²) in [6.45, 7) is 1.49. The van der Waals surface area contributed by atoms with Crippen LogP contribution in [0.2, 0.25) is 0 Å². The van der Waals surface area contributed by atoms with E-state index in [4.69, 9.17) is 9.47 Å². The summed E-state index contributed by atoms with van der Waals surface area (Å²) in [4.78, 5) is 16.8. The fourth-order valence-corrected chi connectivity index (χ4v) is 4.64. The first-order chi connectivity index (χ1) is 17.8. The predicted molar refractivity (Wildman–Crippen MR) is 125 cm³/mol. The van der Waals surface area contributed by atoms with Crippen LogP contribution in [0.25, 0.3) is 5.69 Å². The highest BCUT2D eigenvalue weighted by atomic mass is 19.4. The first-order valence-electron chi connectivity index (χ1n) is 11.7. The largest absolute Gasteiger partial charge is 0.462 e. The quantitative estimate of drug-likeness (QED) is 0.459. The van der Waals surface area contributed by atoms with Crippen molar-refractivity contribution in [3.05, 3.63) is 95.5 Å². The number of hydrogen-bond donors (Lipinski definition) is 0. The van der Waals surface area contributed by atoms with E-state index >= 15 is 0 Å². The van der Waals surface area contributed by atoms with Crippen molar-refractivity contribution < 1.29 is 31.8 Å². The van der Waals surface area contributed by atoms with Crippen LogP contribution in [0, 0.1) is 5.82 Å². The molecule has 37 heavy (non-hydrogen) atoms. The van der Waals surface area contributed by atoms with Gasteiger partial charge in [-0.05, 0) is 36.2 Å². The molecule has 2 aromatic carbocycles. The topological polar surface area (TPSA) is 59.8 Å². The van der Waals surface area contributed by atoms with Crippen LogP contribution in [-0.4, -0.2) is 64.5 Å². The van der Waals surface area contributed by atoms with Gasteiger partial charge < -0.3 is 14.4 Å². The molecular formula is C26H24F4N4O3. The van der Waals surface area contributed by atoms with E-state index in [0.29, 0.717) is 30.0 Å². The van der Waals surface area contributed by atoms with Crippen LogP contribution >= 0.6 is 0 Å². The Balaban J connectivity index is 1.33. The number of benzene rings is 2. The van der Waals surface area contributed by atoms with Crippen molar-refractivity contribution in [1.82, 2.24) is 19.6 Å². The number of carbonyl (C=O) groups is 1. The molecule has 5 rings (SSSR count). The molecule has 11 heteroatoms. The molecule has 1 fully saturated rings. The van der Waals surface area contributed by atoms with E-state index in [1.165, 1.54) is 17.0 Å². The number of alkyl halides is 3. The standard InChI is InChI=1S/C26H24F4N4O3/c27-19-6-8-20(9-7-19)34-24(26(28,29)30)21(15-31-34)25(35)33-12-10-32(11-13-33)22(23-16-36-17-37-23)14-18-4-2-1-3-5-18/h1-9,15-16,22H,10-14,17H2. The van der Waals surface area contributed by atoms with Gasteiger partial charge in [0.2, 0.25) is 6.79 Å². The maximum atomic E-state index is 14.0. The zero-order valence-corrected chi connectivity index (χ0v) is 19.7. The highest BCUT2D eigenvalue weighted by Crippen LogP contribution is 2.34. The van der Waals surface area contributed by atoms with Gasteiger partial charge in [-0.25, -0.2) is 9.07 Å².